The van der Waals surface area contributed by atoms with Crippen LogP contribution in [0, 0.1) is 12.8 Å². The van der Waals surface area contributed by atoms with E-state index in [0.717, 1.165) is 31.5 Å². The van der Waals surface area contributed by atoms with Gasteiger partial charge in [-0.25, -0.2) is 0 Å². The van der Waals surface area contributed by atoms with Crippen LogP contribution in [0.1, 0.15) is 50.5 Å². The third-order valence-electron chi connectivity index (χ3n) is 4.43. The van der Waals surface area contributed by atoms with E-state index in [1.165, 1.54) is 50.5 Å². The lowest BCUT2D eigenvalue weighted by molar-refractivity contribution is 0.332. The number of rotatable bonds is 7. The highest BCUT2D eigenvalue weighted by Gasteiger charge is 2.12. The highest BCUT2D eigenvalue weighted by Crippen LogP contribution is 2.26. The lowest BCUT2D eigenvalue weighted by Gasteiger charge is -2.21. The number of nitrogens with zero attached hydrogens (tertiary/aromatic N) is 3. The molecule has 0 radical (unpaired) electrons. The number of aromatic nitrogens is 2. The second-order valence-electron chi connectivity index (χ2n) is 6.35. The Labute approximate surface area is 157 Å². The summed E-state index contributed by atoms with van der Waals surface area (Å²) >= 11 is 0. The summed E-state index contributed by atoms with van der Waals surface area (Å²) in [7, 11) is 1.83. The van der Waals surface area contributed by atoms with Crippen LogP contribution < -0.4 is 10.6 Å². The molecule has 23 heavy (non-hydrogen) atoms. The summed E-state index contributed by atoms with van der Waals surface area (Å²) in [6, 6.07) is 0. The van der Waals surface area contributed by atoms with Gasteiger partial charge in [0.25, 0.3) is 0 Å². The van der Waals surface area contributed by atoms with Crippen LogP contribution in [-0.2, 0) is 6.54 Å². The summed E-state index contributed by atoms with van der Waals surface area (Å²) in [6.45, 7) is 4.76. The average molecular weight is 433 g/mol. The maximum atomic E-state index is 4.28. The fourth-order valence-electron chi connectivity index (χ4n) is 3.17. The van der Waals surface area contributed by atoms with Crippen molar-refractivity contribution in [1.29, 1.82) is 0 Å². The summed E-state index contributed by atoms with van der Waals surface area (Å²) in [6.07, 6.45) is 13.7. The van der Waals surface area contributed by atoms with E-state index in [4.69, 9.17) is 0 Å². The van der Waals surface area contributed by atoms with Gasteiger partial charge in [0.05, 0.1) is 12.7 Å². The minimum atomic E-state index is 0. The molecule has 0 aromatic carbocycles. The molecule has 1 aromatic heterocycles. The predicted octanol–water partition coefficient (Wildman–Crippen LogP) is 3.34. The average Bonchev–Trinajstić information content (AvgIpc) is 2.96. The molecule has 0 spiro atoms. The first kappa shape index (κ1) is 20.3. The first-order valence-electron chi connectivity index (χ1n) is 8.71. The summed E-state index contributed by atoms with van der Waals surface area (Å²) < 4.78 is 1.96. The second kappa shape index (κ2) is 11.7. The van der Waals surface area contributed by atoms with Crippen LogP contribution in [0.15, 0.2) is 17.4 Å². The van der Waals surface area contributed by atoms with Crippen molar-refractivity contribution in [2.45, 2.75) is 58.4 Å². The molecule has 0 bridgehead atoms. The fraction of sp³-hybridized carbons (Fsp3) is 0.765. The Hall–Kier alpha value is -0.790. The van der Waals surface area contributed by atoms with Gasteiger partial charge in [0.1, 0.15) is 0 Å². The molecule has 132 valence electrons. The Morgan fingerprint density at radius 2 is 2.00 bits per heavy atom. The van der Waals surface area contributed by atoms with E-state index in [2.05, 4.69) is 33.8 Å². The Morgan fingerprint density at radius 3 is 2.65 bits per heavy atom. The van der Waals surface area contributed by atoms with E-state index >= 15 is 0 Å². The zero-order chi connectivity index (χ0) is 15.6. The largest absolute Gasteiger partial charge is 0.356 e. The molecule has 2 N–H and O–H groups in total. The predicted molar refractivity (Wildman–Crippen MR) is 108 cm³/mol. The van der Waals surface area contributed by atoms with Crippen molar-refractivity contribution in [3.05, 3.63) is 18.0 Å². The monoisotopic (exact) mass is 433 g/mol. The van der Waals surface area contributed by atoms with Crippen molar-refractivity contribution in [3.63, 3.8) is 0 Å². The number of aliphatic imine (C=N–C) groups is 1. The number of guanidine groups is 1. The molecule has 1 aliphatic carbocycles. The number of nitrogens with one attached hydrogen (secondary N) is 2. The molecule has 1 aliphatic rings. The third-order valence-corrected chi connectivity index (χ3v) is 4.43. The lowest BCUT2D eigenvalue weighted by Crippen LogP contribution is -2.39. The van der Waals surface area contributed by atoms with Crippen LogP contribution in [0.5, 0.6) is 0 Å². The van der Waals surface area contributed by atoms with Crippen molar-refractivity contribution in [1.82, 2.24) is 20.4 Å². The van der Waals surface area contributed by atoms with Crippen molar-refractivity contribution >= 4 is 29.9 Å². The Bertz CT molecular complexity index is 452. The summed E-state index contributed by atoms with van der Waals surface area (Å²) in [5.74, 6) is 1.86. The summed E-state index contributed by atoms with van der Waals surface area (Å²) in [4.78, 5) is 4.27. The zero-order valence-electron chi connectivity index (χ0n) is 14.6. The van der Waals surface area contributed by atoms with Gasteiger partial charge in [0, 0.05) is 26.3 Å². The fourth-order valence-corrected chi connectivity index (χ4v) is 3.17. The van der Waals surface area contributed by atoms with E-state index < -0.39 is 0 Å². The molecule has 0 atom stereocenters. The smallest absolute Gasteiger partial charge is 0.191 e. The molecular weight excluding hydrogens is 401 g/mol. The van der Waals surface area contributed by atoms with Gasteiger partial charge in [-0.2, -0.15) is 5.10 Å². The number of hydrogen-bond acceptors (Lipinski definition) is 2. The van der Waals surface area contributed by atoms with Crippen molar-refractivity contribution in [3.8, 4) is 0 Å². The van der Waals surface area contributed by atoms with Gasteiger partial charge < -0.3 is 10.6 Å². The summed E-state index contributed by atoms with van der Waals surface area (Å²) in [5.41, 5.74) is 1.20. The van der Waals surface area contributed by atoms with Crippen LogP contribution in [0.4, 0.5) is 0 Å². The van der Waals surface area contributed by atoms with Crippen molar-refractivity contribution in [2.75, 3.05) is 20.1 Å². The Kier molecular flexibility index (Phi) is 10.3. The highest BCUT2D eigenvalue weighted by atomic mass is 127. The first-order chi connectivity index (χ1) is 10.8. The molecule has 0 saturated heterocycles. The molecule has 0 aliphatic heterocycles. The molecule has 0 unspecified atom stereocenters. The van der Waals surface area contributed by atoms with Gasteiger partial charge in [0.15, 0.2) is 5.96 Å². The van der Waals surface area contributed by atoms with E-state index in [-0.39, 0.29) is 24.0 Å². The molecule has 6 heteroatoms. The zero-order valence-corrected chi connectivity index (χ0v) is 16.9. The quantitative estimate of drug-likeness (QED) is 0.300. The van der Waals surface area contributed by atoms with Crippen molar-refractivity contribution < 1.29 is 0 Å². The maximum Gasteiger partial charge on any atom is 0.191 e. The highest BCUT2D eigenvalue weighted by molar-refractivity contribution is 14.0. The maximum absolute atomic E-state index is 4.28. The van der Waals surface area contributed by atoms with E-state index in [1.807, 2.05) is 17.9 Å². The molecule has 0 amide bonds. The molecule has 1 aromatic rings. The minimum Gasteiger partial charge on any atom is -0.356 e. The molecule has 1 heterocycles. The van der Waals surface area contributed by atoms with E-state index in [1.54, 1.807) is 0 Å². The SMILES string of the molecule is CN=C(NCCCC1CCCCC1)NCCn1cc(C)cn1.I. The van der Waals surface area contributed by atoms with Crippen LogP contribution >= 0.6 is 24.0 Å². The van der Waals surface area contributed by atoms with Gasteiger partial charge in [-0.1, -0.05) is 32.1 Å². The molecule has 2 rings (SSSR count). The van der Waals surface area contributed by atoms with Crippen LogP contribution in [0.3, 0.4) is 0 Å². The summed E-state index contributed by atoms with van der Waals surface area (Å²) in [5, 5.41) is 11.0. The third kappa shape index (κ3) is 8.04. The lowest BCUT2D eigenvalue weighted by atomic mass is 9.86. The molecule has 1 fully saturated rings. The van der Waals surface area contributed by atoms with Gasteiger partial charge in [-0.15, -0.1) is 24.0 Å². The molecule has 1 saturated carbocycles. The van der Waals surface area contributed by atoms with E-state index in [0.29, 0.717) is 0 Å². The topological polar surface area (TPSA) is 54.2 Å². The number of aryl methyl sites for hydroxylation is 1. The first-order valence-corrected chi connectivity index (χ1v) is 8.71. The number of halogens is 1. The number of hydrogen-bond donors (Lipinski definition) is 2. The Balaban J connectivity index is 0.00000264. The van der Waals surface area contributed by atoms with Crippen LogP contribution in [0.25, 0.3) is 0 Å². The van der Waals surface area contributed by atoms with Gasteiger partial charge in [0.2, 0.25) is 0 Å². The normalized spacial score (nSPS) is 16.0. The van der Waals surface area contributed by atoms with Crippen molar-refractivity contribution in [2.24, 2.45) is 10.9 Å². The molecule has 5 nitrogen and oxygen atoms in total. The standard InChI is InChI=1S/C17H31N5.HI/c1-15-13-21-22(14-15)12-11-20-17(18-2)19-10-6-9-16-7-4-3-5-8-16;/h13-14,16H,3-12H2,1-2H3,(H2,18,19,20);1H. The van der Waals surface area contributed by atoms with Crippen LogP contribution in [0.2, 0.25) is 0 Å². The van der Waals surface area contributed by atoms with Gasteiger partial charge in [-0.3, -0.25) is 9.67 Å². The van der Waals surface area contributed by atoms with Gasteiger partial charge >= 0.3 is 0 Å². The van der Waals surface area contributed by atoms with E-state index in [9.17, 15) is 0 Å². The second-order valence-corrected chi connectivity index (χ2v) is 6.35. The van der Waals surface area contributed by atoms with Gasteiger partial charge in [-0.05, 0) is 31.2 Å². The Morgan fingerprint density at radius 1 is 1.26 bits per heavy atom. The molecular formula is C17H32IN5. The minimum absolute atomic E-state index is 0. The van der Waals surface area contributed by atoms with Crippen LogP contribution in [-0.4, -0.2) is 35.9 Å².